The highest BCUT2D eigenvalue weighted by Crippen LogP contribution is 2.18. The second-order valence-corrected chi connectivity index (χ2v) is 5.03. The number of hydrogen-bond donors (Lipinski definition) is 1. The summed E-state index contributed by atoms with van der Waals surface area (Å²) in [5, 5.41) is 0. The highest BCUT2D eigenvalue weighted by molar-refractivity contribution is 9.10. The highest BCUT2D eigenvalue weighted by atomic mass is 79.9. The number of hydrogen-bond acceptors (Lipinski definition) is 3. The van der Waals surface area contributed by atoms with Gasteiger partial charge in [-0.15, -0.1) is 0 Å². The van der Waals surface area contributed by atoms with Gasteiger partial charge in [-0.25, -0.2) is 9.97 Å². The molecule has 0 bridgehead atoms. The van der Waals surface area contributed by atoms with Gasteiger partial charge in [0.25, 0.3) is 0 Å². The maximum absolute atomic E-state index is 5.22. The van der Waals surface area contributed by atoms with Gasteiger partial charge in [-0.1, -0.05) is 12.1 Å². The van der Waals surface area contributed by atoms with E-state index in [2.05, 4.69) is 36.9 Å². The van der Waals surface area contributed by atoms with Crippen LogP contribution in [0.15, 0.2) is 41.0 Å². The van der Waals surface area contributed by atoms with Crippen LogP contribution in [0.1, 0.15) is 11.4 Å². The van der Waals surface area contributed by atoms with Gasteiger partial charge in [-0.2, -0.15) is 0 Å². The SMILES string of the molecule is COc1cccc(Cc2nc3nc(Br)ccc3[nH]2)c1. The summed E-state index contributed by atoms with van der Waals surface area (Å²) in [7, 11) is 1.67. The number of aromatic amines is 1. The third kappa shape index (κ3) is 2.61. The molecule has 3 aromatic rings. The third-order valence-corrected chi connectivity index (χ3v) is 3.31. The van der Waals surface area contributed by atoms with Gasteiger partial charge >= 0.3 is 0 Å². The van der Waals surface area contributed by atoms with Gasteiger partial charge < -0.3 is 9.72 Å². The molecule has 4 nitrogen and oxygen atoms in total. The molecule has 1 aromatic carbocycles. The fraction of sp³-hybridized carbons (Fsp3) is 0.143. The van der Waals surface area contributed by atoms with Crippen LogP contribution < -0.4 is 4.74 Å². The number of imidazole rings is 1. The number of ether oxygens (including phenoxy) is 1. The van der Waals surface area contributed by atoms with Crippen LogP contribution in [0.3, 0.4) is 0 Å². The number of nitrogens with zero attached hydrogens (tertiary/aromatic N) is 2. The van der Waals surface area contributed by atoms with Gasteiger partial charge in [-0.3, -0.25) is 0 Å². The van der Waals surface area contributed by atoms with Crippen molar-refractivity contribution in [1.29, 1.82) is 0 Å². The number of aromatic nitrogens is 3. The first-order valence-electron chi connectivity index (χ1n) is 5.88. The Balaban J connectivity index is 1.92. The van der Waals surface area contributed by atoms with Gasteiger partial charge in [0.15, 0.2) is 5.65 Å². The van der Waals surface area contributed by atoms with Crippen molar-refractivity contribution in [1.82, 2.24) is 15.0 Å². The molecular formula is C14H12BrN3O. The lowest BCUT2D eigenvalue weighted by atomic mass is 10.1. The number of fused-ring (bicyclic) bond motifs is 1. The molecule has 0 fully saturated rings. The summed E-state index contributed by atoms with van der Waals surface area (Å²) in [6.45, 7) is 0. The Labute approximate surface area is 119 Å². The van der Waals surface area contributed by atoms with E-state index in [1.807, 2.05) is 30.3 Å². The zero-order chi connectivity index (χ0) is 13.2. The smallest absolute Gasteiger partial charge is 0.178 e. The molecule has 0 unspecified atom stereocenters. The van der Waals surface area contributed by atoms with E-state index >= 15 is 0 Å². The quantitative estimate of drug-likeness (QED) is 0.754. The van der Waals surface area contributed by atoms with Crippen LogP contribution in [-0.2, 0) is 6.42 Å². The van der Waals surface area contributed by atoms with Crippen molar-refractivity contribution in [2.75, 3.05) is 7.11 Å². The summed E-state index contributed by atoms with van der Waals surface area (Å²) in [5.74, 6) is 1.75. The summed E-state index contributed by atoms with van der Waals surface area (Å²) in [5.41, 5.74) is 2.82. The lowest BCUT2D eigenvalue weighted by molar-refractivity contribution is 0.414. The van der Waals surface area contributed by atoms with Gasteiger partial charge in [0, 0.05) is 6.42 Å². The number of rotatable bonds is 3. The standard InChI is InChI=1S/C14H12BrN3O/c1-19-10-4-2-3-9(7-10)8-13-16-11-5-6-12(15)17-14(11)18-13/h2-7H,8H2,1H3,(H,16,17,18). The molecule has 0 spiro atoms. The molecule has 0 atom stereocenters. The molecule has 5 heteroatoms. The molecule has 96 valence electrons. The highest BCUT2D eigenvalue weighted by Gasteiger charge is 2.06. The Bertz CT molecular complexity index is 724. The maximum atomic E-state index is 5.22. The van der Waals surface area contributed by atoms with Gasteiger partial charge in [-0.05, 0) is 45.8 Å². The Morgan fingerprint density at radius 1 is 1.21 bits per heavy atom. The van der Waals surface area contributed by atoms with Crippen LogP contribution in [0, 0.1) is 0 Å². The minimum atomic E-state index is 0.727. The fourth-order valence-electron chi connectivity index (χ4n) is 1.98. The first-order chi connectivity index (χ1) is 9.24. The van der Waals surface area contributed by atoms with Crippen LogP contribution in [0.2, 0.25) is 0 Å². The topological polar surface area (TPSA) is 50.8 Å². The van der Waals surface area contributed by atoms with E-state index < -0.39 is 0 Å². The predicted molar refractivity (Wildman–Crippen MR) is 77.4 cm³/mol. The fourth-order valence-corrected chi connectivity index (χ4v) is 2.28. The number of nitrogens with one attached hydrogen (secondary N) is 1. The Kier molecular flexibility index (Phi) is 3.21. The van der Waals surface area contributed by atoms with E-state index in [9.17, 15) is 0 Å². The van der Waals surface area contributed by atoms with Crippen molar-refractivity contribution in [2.45, 2.75) is 6.42 Å². The number of methoxy groups -OCH3 is 1. The number of halogens is 1. The van der Waals surface area contributed by atoms with E-state index in [0.717, 1.165) is 39.3 Å². The second-order valence-electron chi connectivity index (χ2n) is 4.22. The van der Waals surface area contributed by atoms with Crippen molar-refractivity contribution in [3.8, 4) is 5.75 Å². The monoisotopic (exact) mass is 317 g/mol. The molecule has 1 N–H and O–H groups in total. The summed E-state index contributed by atoms with van der Waals surface area (Å²) in [4.78, 5) is 12.1. The van der Waals surface area contributed by atoms with Gasteiger partial charge in [0.05, 0.1) is 12.6 Å². The molecule has 0 amide bonds. The Hall–Kier alpha value is -1.88. The number of H-pyrrole nitrogens is 1. The van der Waals surface area contributed by atoms with Crippen molar-refractivity contribution in [2.24, 2.45) is 0 Å². The summed E-state index contributed by atoms with van der Waals surface area (Å²) < 4.78 is 6.01. The minimum absolute atomic E-state index is 0.727. The van der Waals surface area contributed by atoms with Crippen LogP contribution in [0.25, 0.3) is 11.2 Å². The van der Waals surface area contributed by atoms with Crippen molar-refractivity contribution in [3.63, 3.8) is 0 Å². The van der Waals surface area contributed by atoms with E-state index in [0.29, 0.717) is 0 Å². The zero-order valence-corrected chi connectivity index (χ0v) is 11.9. The maximum Gasteiger partial charge on any atom is 0.178 e. The molecular weight excluding hydrogens is 306 g/mol. The molecule has 0 aliphatic carbocycles. The van der Waals surface area contributed by atoms with Crippen LogP contribution in [0.5, 0.6) is 5.75 Å². The van der Waals surface area contributed by atoms with Crippen molar-refractivity contribution < 1.29 is 4.74 Å². The normalized spacial score (nSPS) is 10.8. The zero-order valence-electron chi connectivity index (χ0n) is 10.4. The van der Waals surface area contributed by atoms with E-state index in [4.69, 9.17) is 4.74 Å². The average Bonchev–Trinajstić information content (AvgIpc) is 2.80. The summed E-state index contributed by atoms with van der Waals surface area (Å²) >= 11 is 3.35. The van der Waals surface area contributed by atoms with Crippen molar-refractivity contribution in [3.05, 3.63) is 52.4 Å². The second kappa shape index (κ2) is 5.01. The first-order valence-corrected chi connectivity index (χ1v) is 6.68. The molecule has 0 aliphatic heterocycles. The minimum Gasteiger partial charge on any atom is -0.497 e. The molecule has 2 aromatic heterocycles. The van der Waals surface area contributed by atoms with Crippen molar-refractivity contribution >= 4 is 27.1 Å². The van der Waals surface area contributed by atoms with E-state index in [-0.39, 0.29) is 0 Å². The molecule has 19 heavy (non-hydrogen) atoms. The largest absolute Gasteiger partial charge is 0.497 e. The van der Waals surface area contributed by atoms with Gasteiger partial charge in [0.2, 0.25) is 0 Å². The third-order valence-electron chi connectivity index (χ3n) is 2.87. The average molecular weight is 318 g/mol. The van der Waals surface area contributed by atoms with E-state index in [1.54, 1.807) is 7.11 Å². The predicted octanol–water partition coefficient (Wildman–Crippen LogP) is 3.32. The summed E-state index contributed by atoms with van der Waals surface area (Å²) in [6, 6.07) is 11.8. The molecule has 0 radical (unpaired) electrons. The van der Waals surface area contributed by atoms with Gasteiger partial charge in [0.1, 0.15) is 16.2 Å². The van der Waals surface area contributed by atoms with E-state index in [1.165, 1.54) is 0 Å². The Morgan fingerprint density at radius 2 is 2.11 bits per heavy atom. The molecule has 2 heterocycles. The molecule has 0 saturated carbocycles. The van der Waals surface area contributed by atoms with Crippen LogP contribution >= 0.6 is 15.9 Å². The van der Waals surface area contributed by atoms with Crippen LogP contribution in [0.4, 0.5) is 0 Å². The number of pyridine rings is 1. The molecule has 0 aliphatic rings. The number of benzene rings is 1. The first kappa shape index (κ1) is 12.2. The molecule has 0 saturated heterocycles. The lowest BCUT2D eigenvalue weighted by Gasteiger charge is -2.02. The van der Waals surface area contributed by atoms with Crippen LogP contribution in [-0.4, -0.2) is 22.1 Å². The lowest BCUT2D eigenvalue weighted by Crippen LogP contribution is -1.91. The summed E-state index contributed by atoms with van der Waals surface area (Å²) in [6.07, 6.45) is 0.727. The Morgan fingerprint density at radius 3 is 2.95 bits per heavy atom. The molecule has 3 rings (SSSR count).